The van der Waals surface area contributed by atoms with Crippen LogP contribution < -0.4 is 10.6 Å². The Morgan fingerprint density at radius 1 is 1.05 bits per heavy atom. The summed E-state index contributed by atoms with van der Waals surface area (Å²) in [5.74, 6) is -1.19. The van der Waals surface area contributed by atoms with Crippen LogP contribution in [0, 0.1) is 11.6 Å². The van der Waals surface area contributed by atoms with E-state index in [1.165, 1.54) is 47.4 Å². The fourth-order valence-corrected chi connectivity index (χ4v) is 2.00. The predicted octanol–water partition coefficient (Wildman–Crippen LogP) is 2.96. The van der Waals surface area contributed by atoms with Crippen LogP contribution >= 0.6 is 0 Å². The molecule has 2 aromatic carbocycles. The van der Waals surface area contributed by atoms with Gasteiger partial charge in [-0.3, -0.25) is 4.79 Å². The van der Waals surface area contributed by atoms with E-state index in [1.54, 1.807) is 6.07 Å². The van der Waals surface area contributed by atoms with E-state index < -0.39 is 5.82 Å². The van der Waals surface area contributed by atoms with Gasteiger partial charge >= 0.3 is 0 Å². The maximum Gasteiger partial charge on any atom is 0.258 e. The quantitative estimate of drug-likeness (QED) is 0.920. The summed E-state index contributed by atoms with van der Waals surface area (Å²) in [6, 6.07) is 11.1. The first-order valence-electron chi connectivity index (χ1n) is 6.65. The Bertz CT molecular complexity index is 614. The maximum atomic E-state index is 13.3. The zero-order valence-electron chi connectivity index (χ0n) is 11.4. The van der Waals surface area contributed by atoms with Crippen LogP contribution in [0.2, 0.25) is 0 Å². The number of amides is 1. The van der Waals surface area contributed by atoms with Gasteiger partial charge in [-0.15, -0.1) is 0 Å². The molecular weight excluding hydrogens is 274 g/mol. The fraction of sp³-hybridized carbons (Fsp3) is 0.188. The lowest BCUT2D eigenvalue weighted by Gasteiger charge is -2.23. The van der Waals surface area contributed by atoms with Crippen molar-refractivity contribution < 1.29 is 13.6 Å². The molecule has 0 aliphatic heterocycles. The highest BCUT2D eigenvalue weighted by Gasteiger charge is 2.17. The summed E-state index contributed by atoms with van der Waals surface area (Å²) in [7, 11) is 0. The van der Waals surface area contributed by atoms with Crippen LogP contribution in [0.1, 0.15) is 16.8 Å². The Balaban J connectivity index is 2.31. The average Bonchev–Trinajstić information content (AvgIpc) is 2.49. The molecule has 0 bridgehead atoms. The number of carbonyl (C=O) groups is 1. The summed E-state index contributed by atoms with van der Waals surface area (Å²) in [6.07, 6.45) is 0.596. The number of halogens is 2. The number of rotatable bonds is 5. The molecule has 0 heterocycles. The first-order chi connectivity index (χ1) is 10.1. The normalized spacial score (nSPS) is 10.4. The Hall–Kier alpha value is -2.27. The Kier molecular flexibility index (Phi) is 5.00. The topological polar surface area (TPSA) is 46.3 Å². The molecule has 0 atom stereocenters. The van der Waals surface area contributed by atoms with Gasteiger partial charge in [0.05, 0.1) is 0 Å². The standard InChI is InChI=1S/C16H16F2N2O/c17-13-5-7-15(8-6-13)20(10-2-9-19)16(21)12-3-1-4-14(18)11-12/h1,3-8,11H,2,9-10,19H2. The number of hydrogen-bond acceptors (Lipinski definition) is 2. The Morgan fingerprint density at radius 3 is 2.38 bits per heavy atom. The second kappa shape index (κ2) is 6.95. The van der Waals surface area contributed by atoms with Crippen LogP contribution in [0.5, 0.6) is 0 Å². The molecule has 3 nitrogen and oxygen atoms in total. The fourth-order valence-electron chi connectivity index (χ4n) is 2.00. The molecule has 1 amide bonds. The molecule has 21 heavy (non-hydrogen) atoms. The molecule has 0 aliphatic rings. The van der Waals surface area contributed by atoms with Gasteiger partial charge < -0.3 is 10.6 Å². The van der Waals surface area contributed by atoms with Gasteiger partial charge in [0.1, 0.15) is 11.6 Å². The van der Waals surface area contributed by atoms with Crippen LogP contribution in [0.4, 0.5) is 14.5 Å². The zero-order valence-corrected chi connectivity index (χ0v) is 11.4. The second-order valence-electron chi connectivity index (χ2n) is 4.59. The summed E-state index contributed by atoms with van der Waals surface area (Å²) >= 11 is 0. The minimum absolute atomic E-state index is 0.247. The third kappa shape index (κ3) is 3.86. The van der Waals surface area contributed by atoms with Gasteiger partial charge in [-0.05, 0) is 55.4 Å². The van der Waals surface area contributed by atoms with Crippen LogP contribution in [-0.4, -0.2) is 19.0 Å². The molecule has 0 spiro atoms. The molecule has 0 radical (unpaired) electrons. The van der Waals surface area contributed by atoms with E-state index in [0.717, 1.165) is 0 Å². The summed E-state index contributed by atoms with van der Waals surface area (Å²) in [5, 5.41) is 0. The van der Waals surface area contributed by atoms with Crippen molar-refractivity contribution >= 4 is 11.6 Å². The summed E-state index contributed by atoms with van der Waals surface area (Å²) in [5.41, 5.74) is 6.29. The van der Waals surface area contributed by atoms with Crippen LogP contribution in [-0.2, 0) is 0 Å². The second-order valence-corrected chi connectivity index (χ2v) is 4.59. The molecule has 110 valence electrons. The number of hydrogen-bond donors (Lipinski definition) is 1. The molecule has 0 saturated carbocycles. The van der Waals surface area contributed by atoms with Gasteiger partial charge in [-0.2, -0.15) is 0 Å². The van der Waals surface area contributed by atoms with Gasteiger partial charge in [-0.1, -0.05) is 6.07 Å². The molecule has 0 unspecified atom stereocenters. The smallest absolute Gasteiger partial charge is 0.258 e. The average molecular weight is 290 g/mol. The van der Waals surface area contributed by atoms with Gasteiger partial charge in [0, 0.05) is 17.8 Å². The number of nitrogens with zero attached hydrogens (tertiary/aromatic N) is 1. The van der Waals surface area contributed by atoms with Crippen LogP contribution in [0.15, 0.2) is 48.5 Å². The largest absolute Gasteiger partial charge is 0.330 e. The molecule has 5 heteroatoms. The summed E-state index contributed by atoms with van der Waals surface area (Å²) in [6.45, 7) is 0.811. The van der Waals surface area contributed by atoms with Gasteiger partial charge in [0.25, 0.3) is 5.91 Å². The highest BCUT2D eigenvalue weighted by atomic mass is 19.1. The molecule has 0 saturated heterocycles. The molecular formula is C16H16F2N2O. The van der Waals surface area contributed by atoms with Gasteiger partial charge in [0.15, 0.2) is 0 Å². The lowest BCUT2D eigenvalue weighted by atomic mass is 10.1. The maximum absolute atomic E-state index is 13.3. The summed E-state index contributed by atoms with van der Waals surface area (Å²) in [4.78, 5) is 14.0. The van der Waals surface area contributed by atoms with Gasteiger partial charge in [0.2, 0.25) is 0 Å². The zero-order chi connectivity index (χ0) is 15.2. The number of nitrogens with two attached hydrogens (primary N) is 1. The molecule has 2 N–H and O–H groups in total. The van der Waals surface area contributed by atoms with Gasteiger partial charge in [-0.25, -0.2) is 8.78 Å². The lowest BCUT2D eigenvalue weighted by Crippen LogP contribution is -2.33. The lowest BCUT2D eigenvalue weighted by molar-refractivity contribution is 0.0986. The number of benzene rings is 2. The molecule has 0 aromatic heterocycles. The third-order valence-corrected chi connectivity index (χ3v) is 3.04. The van der Waals surface area contributed by atoms with Crippen molar-refractivity contribution in [2.24, 2.45) is 5.73 Å². The van der Waals surface area contributed by atoms with E-state index in [1.807, 2.05) is 0 Å². The first kappa shape index (κ1) is 15.1. The highest BCUT2D eigenvalue weighted by Crippen LogP contribution is 2.18. The van der Waals surface area contributed by atoms with Crippen molar-refractivity contribution in [1.82, 2.24) is 0 Å². The Labute approximate surface area is 122 Å². The van der Waals surface area contributed by atoms with Crippen molar-refractivity contribution in [3.8, 4) is 0 Å². The molecule has 2 aromatic rings. The van der Waals surface area contributed by atoms with Crippen molar-refractivity contribution in [3.63, 3.8) is 0 Å². The van der Waals surface area contributed by atoms with Crippen molar-refractivity contribution in [2.75, 3.05) is 18.0 Å². The van der Waals surface area contributed by atoms with Crippen LogP contribution in [0.25, 0.3) is 0 Å². The molecule has 2 rings (SSSR count). The monoisotopic (exact) mass is 290 g/mol. The van der Waals surface area contributed by atoms with E-state index in [4.69, 9.17) is 5.73 Å². The van der Waals surface area contributed by atoms with Crippen molar-refractivity contribution in [3.05, 3.63) is 65.7 Å². The highest BCUT2D eigenvalue weighted by molar-refractivity contribution is 6.06. The minimum atomic E-state index is -0.473. The third-order valence-electron chi connectivity index (χ3n) is 3.04. The minimum Gasteiger partial charge on any atom is -0.330 e. The van der Waals surface area contributed by atoms with Crippen molar-refractivity contribution in [1.29, 1.82) is 0 Å². The van der Waals surface area contributed by atoms with E-state index in [-0.39, 0.29) is 17.3 Å². The van der Waals surface area contributed by atoms with Crippen LogP contribution in [0.3, 0.4) is 0 Å². The van der Waals surface area contributed by atoms with E-state index in [0.29, 0.717) is 25.2 Å². The van der Waals surface area contributed by atoms with E-state index in [2.05, 4.69) is 0 Å². The molecule has 0 fully saturated rings. The Morgan fingerprint density at radius 2 is 1.76 bits per heavy atom. The van der Waals surface area contributed by atoms with E-state index >= 15 is 0 Å². The van der Waals surface area contributed by atoms with E-state index in [9.17, 15) is 13.6 Å². The predicted molar refractivity (Wildman–Crippen MR) is 78.1 cm³/mol. The molecule has 0 aliphatic carbocycles. The number of carbonyl (C=O) groups excluding carboxylic acids is 1. The summed E-state index contributed by atoms with van der Waals surface area (Å²) < 4.78 is 26.3. The first-order valence-corrected chi connectivity index (χ1v) is 6.65. The SMILES string of the molecule is NCCCN(C(=O)c1cccc(F)c1)c1ccc(F)cc1. The number of anilines is 1. The van der Waals surface area contributed by atoms with Crippen molar-refractivity contribution in [2.45, 2.75) is 6.42 Å².